The Labute approximate surface area is 115 Å². The predicted molar refractivity (Wildman–Crippen MR) is 76.1 cm³/mol. The van der Waals surface area contributed by atoms with Crippen LogP contribution in [0.1, 0.15) is 16.0 Å². The van der Waals surface area contributed by atoms with Crippen LogP contribution in [0.25, 0.3) is 0 Å². The Morgan fingerprint density at radius 3 is 2.41 bits per heavy atom. The molecule has 0 saturated heterocycles. The summed E-state index contributed by atoms with van der Waals surface area (Å²) < 4.78 is 0. The van der Waals surface area contributed by atoms with Crippen molar-refractivity contribution < 1.29 is 0 Å². The smallest absolute Gasteiger partial charge is 0.0465 e. The van der Waals surface area contributed by atoms with E-state index < -0.39 is 0 Å². The van der Waals surface area contributed by atoms with Crippen LogP contribution in [0.5, 0.6) is 0 Å². The van der Waals surface area contributed by atoms with Crippen LogP contribution in [-0.2, 0) is 13.1 Å². The van der Waals surface area contributed by atoms with Gasteiger partial charge in [0, 0.05) is 33.6 Å². The van der Waals surface area contributed by atoms with E-state index in [1.807, 2.05) is 18.2 Å². The maximum atomic E-state index is 6.10. The molecule has 0 radical (unpaired) electrons. The lowest BCUT2D eigenvalue weighted by atomic mass is 10.2. The second-order valence-electron chi connectivity index (χ2n) is 3.83. The minimum absolute atomic E-state index is 0.690. The van der Waals surface area contributed by atoms with E-state index in [0.717, 1.165) is 12.1 Å². The minimum atomic E-state index is 0.690. The molecule has 0 saturated carbocycles. The third-order valence-corrected chi connectivity index (χ3v) is 4.35. The quantitative estimate of drug-likeness (QED) is 0.862. The third kappa shape index (κ3) is 3.23. The standard InChI is InChI=1S/C13H13Cl2NS/c1-9-5-6-17-13(9)8-16-7-10-11(14)3-2-4-12(10)15/h2-6,16H,7-8H2,1H3. The molecule has 0 aliphatic heterocycles. The largest absolute Gasteiger partial charge is 0.308 e. The first-order valence-electron chi connectivity index (χ1n) is 5.35. The number of halogens is 2. The van der Waals surface area contributed by atoms with Crippen molar-refractivity contribution in [2.45, 2.75) is 20.0 Å². The molecule has 17 heavy (non-hydrogen) atoms. The maximum Gasteiger partial charge on any atom is 0.0465 e. The lowest BCUT2D eigenvalue weighted by Crippen LogP contribution is -2.13. The summed E-state index contributed by atoms with van der Waals surface area (Å²) in [4.78, 5) is 1.35. The summed E-state index contributed by atoms with van der Waals surface area (Å²) >= 11 is 14.0. The molecular formula is C13H13Cl2NS. The summed E-state index contributed by atoms with van der Waals surface area (Å²) in [6, 6.07) is 7.71. The van der Waals surface area contributed by atoms with Crippen molar-refractivity contribution in [3.8, 4) is 0 Å². The molecule has 4 heteroatoms. The SMILES string of the molecule is Cc1ccsc1CNCc1c(Cl)cccc1Cl. The number of rotatable bonds is 4. The first-order chi connectivity index (χ1) is 8.18. The lowest BCUT2D eigenvalue weighted by molar-refractivity contribution is 0.699. The van der Waals surface area contributed by atoms with Crippen LogP contribution < -0.4 is 5.32 Å². The van der Waals surface area contributed by atoms with Crippen LogP contribution in [0.15, 0.2) is 29.6 Å². The molecule has 0 aliphatic rings. The minimum Gasteiger partial charge on any atom is -0.308 e. The number of hydrogen-bond donors (Lipinski definition) is 1. The van der Waals surface area contributed by atoms with Crippen molar-refractivity contribution in [1.82, 2.24) is 5.32 Å². The molecule has 1 heterocycles. The Bertz CT molecular complexity index is 488. The fourth-order valence-electron chi connectivity index (χ4n) is 1.59. The molecule has 0 fully saturated rings. The summed E-state index contributed by atoms with van der Waals surface area (Å²) in [5.74, 6) is 0. The Morgan fingerprint density at radius 2 is 1.82 bits per heavy atom. The summed E-state index contributed by atoms with van der Waals surface area (Å²) in [5, 5.41) is 6.91. The van der Waals surface area contributed by atoms with Gasteiger partial charge in [0.1, 0.15) is 0 Å². The van der Waals surface area contributed by atoms with Gasteiger partial charge in [0.15, 0.2) is 0 Å². The van der Waals surface area contributed by atoms with E-state index in [9.17, 15) is 0 Å². The predicted octanol–water partition coefficient (Wildman–Crippen LogP) is 4.65. The monoisotopic (exact) mass is 285 g/mol. The second-order valence-corrected chi connectivity index (χ2v) is 5.65. The van der Waals surface area contributed by atoms with Crippen molar-refractivity contribution in [1.29, 1.82) is 0 Å². The topological polar surface area (TPSA) is 12.0 Å². The van der Waals surface area contributed by atoms with Crippen LogP contribution in [0.3, 0.4) is 0 Å². The molecule has 0 amide bonds. The Morgan fingerprint density at radius 1 is 1.12 bits per heavy atom. The van der Waals surface area contributed by atoms with Gasteiger partial charge < -0.3 is 5.32 Å². The molecule has 1 aromatic carbocycles. The van der Waals surface area contributed by atoms with Crippen LogP contribution in [-0.4, -0.2) is 0 Å². The normalized spacial score (nSPS) is 10.8. The number of hydrogen-bond acceptors (Lipinski definition) is 2. The van der Waals surface area contributed by atoms with Gasteiger partial charge in [0.2, 0.25) is 0 Å². The Kier molecular flexibility index (Phi) is 4.46. The summed E-state index contributed by atoms with van der Waals surface area (Å²) in [6.07, 6.45) is 0. The number of nitrogens with one attached hydrogen (secondary N) is 1. The molecule has 0 bridgehead atoms. The average molecular weight is 286 g/mol. The van der Waals surface area contributed by atoms with E-state index in [4.69, 9.17) is 23.2 Å². The molecule has 1 aromatic heterocycles. The first-order valence-corrected chi connectivity index (χ1v) is 6.98. The highest BCUT2D eigenvalue weighted by Gasteiger charge is 2.05. The van der Waals surface area contributed by atoms with E-state index >= 15 is 0 Å². The van der Waals surface area contributed by atoms with E-state index in [0.29, 0.717) is 16.6 Å². The highest BCUT2D eigenvalue weighted by atomic mass is 35.5. The zero-order chi connectivity index (χ0) is 12.3. The summed E-state index contributed by atoms with van der Waals surface area (Å²) in [5.41, 5.74) is 2.29. The van der Waals surface area contributed by atoms with Gasteiger partial charge >= 0.3 is 0 Å². The Balaban J connectivity index is 1.97. The maximum absolute atomic E-state index is 6.10. The van der Waals surface area contributed by atoms with Gasteiger partial charge in [-0.05, 0) is 36.1 Å². The van der Waals surface area contributed by atoms with Gasteiger partial charge in [-0.1, -0.05) is 29.3 Å². The molecule has 0 atom stereocenters. The number of thiophene rings is 1. The highest BCUT2D eigenvalue weighted by molar-refractivity contribution is 7.10. The van der Waals surface area contributed by atoms with Crippen LogP contribution >= 0.6 is 34.5 Å². The van der Waals surface area contributed by atoms with Crippen molar-refractivity contribution in [3.63, 3.8) is 0 Å². The summed E-state index contributed by atoms with van der Waals surface area (Å²) in [6.45, 7) is 3.66. The molecular weight excluding hydrogens is 273 g/mol. The zero-order valence-corrected chi connectivity index (χ0v) is 11.8. The van der Waals surface area contributed by atoms with Gasteiger partial charge in [-0.2, -0.15) is 0 Å². The van der Waals surface area contributed by atoms with Crippen molar-refractivity contribution in [2.75, 3.05) is 0 Å². The molecule has 1 nitrogen and oxygen atoms in total. The third-order valence-electron chi connectivity index (χ3n) is 2.62. The van der Waals surface area contributed by atoms with Crippen LogP contribution in [0.2, 0.25) is 10.0 Å². The first kappa shape index (κ1) is 12.9. The van der Waals surface area contributed by atoms with Crippen molar-refractivity contribution in [3.05, 3.63) is 55.7 Å². The van der Waals surface area contributed by atoms with Crippen LogP contribution in [0.4, 0.5) is 0 Å². The fourth-order valence-corrected chi connectivity index (χ4v) is 2.99. The molecule has 2 aromatic rings. The molecule has 2 rings (SSSR count). The molecule has 1 N–H and O–H groups in total. The molecule has 0 spiro atoms. The number of benzene rings is 1. The van der Waals surface area contributed by atoms with E-state index in [1.165, 1.54) is 10.4 Å². The molecule has 0 aliphatic carbocycles. The van der Waals surface area contributed by atoms with Gasteiger partial charge in [0.25, 0.3) is 0 Å². The molecule has 0 unspecified atom stereocenters. The fraction of sp³-hybridized carbons (Fsp3) is 0.231. The summed E-state index contributed by atoms with van der Waals surface area (Å²) in [7, 11) is 0. The average Bonchev–Trinajstić information content (AvgIpc) is 2.69. The zero-order valence-electron chi connectivity index (χ0n) is 9.47. The van der Waals surface area contributed by atoms with Gasteiger partial charge in [-0.3, -0.25) is 0 Å². The van der Waals surface area contributed by atoms with Gasteiger partial charge in [-0.15, -0.1) is 11.3 Å². The van der Waals surface area contributed by atoms with Gasteiger partial charge in [-0.25, -0.2) is 0 Å². The van der Waals surface area contributed by atoms with Crippen molar-refractivity contribution in [2.24, 2.45) is 0 Å². The lowest BCUT2D eigenvalue weighted by Gasteiger charge is -2.08. The number of aryl methyl sites for hydroxylation is 1. The second kappa shape index (κ2) is 5.87. The van der Waals surface area contributed by atoms with Gasteiger partial charge in [0.05, 0.1) is 0 Å². The van der Waals surface area contributed by atoms with E-state index in [2.05, 4.69) is 23.7 Å². The highest BCUT2D eigenvalue weighted by Crippen LogP contribution is 2.24. The Hall–Kier alpha value is -0.540. The van der Waals surface area contributed by atoms with E-state index in [1.54, 1.807) is 11.3 Å². The van der Waals surface area contributed by atoms with Crippen molar-refractivity contribution >= 4 is 34.5 Å². The molecule has 90 valence electrons. The van der Waals surface area contributed by atoms with Crippen LogP contribution in [0, 0.1) is 6.92 Å². The van der Waals surface area contributed by atoms with E-state index in [-0.39, 0.29) is 0 Å².